The summed E-state index contributed by atoms with van der Waals surface area (Å²) in [5.41, 5.74) is 6.30. The zero-order valence-corrected chi connectivity index (χ0v) is 13.5. The molecule has 0 bridgehead atoms. The summed E-state index contributed by atoms with van der Waals surface area (Å²) in [7, 11) is 0. The number of hydrogen-bond acceptors (Lipinski definition) is 3. The van der Waals surface area contributed by atoms with E-state index in [1.54, 1.807) is 0 Å². The summed E-state index contributed by atoms with van der Waals surface area (Å²) in [6.07, 6.45) is 6.23. The van der Waals surface area contributed by atoms with Gasteiger partial charge in [0.05, 0.1) is 0 Å². The summed E-state index contributed by atoms with van der Waals surface area (Å²) in [6.45, 7) is 13.5. The Balaban J connectivity index is 2.55. The highest BCUT2D eigenvalue weighted by molar-refractivity contribution is 4.93. The zero-order valence-electron chi connectivity index (χ0n) is 13.5. The Kier molecular flexibility index (Phi) is 7.33. The first-order chi connectivity index (χ1) is 9.06. The third-order valence-electron chi connectivity index (χ3n) is 5.02. The number of rotatable bonds is 7. The van der Waals surface area contributed by atoms with Gasteiger partial charge in [0, 0.05) is 24.7 Å². The summed E-state index contributed by atoms with van der Waals surface area (Å²) in [6, 6.07) is 0.660. The van der Waals surface area contributed by atoms with E-state index in [-0.39, 0.29) is 5.54 Å². The molecule has 0 aromatic heterocycles. The SMILES string of the molecule is CCC(CC)CNC1(CN)CCCN(C(C)C)CC1. The fourth-order valence-corrected chi connectivity index (χ4v) is 3.12. The molecule has 0 saturated carbocycles. The van der Waals surface area contributed by atoms with Crippen LogP contribution in [-0.4, -0.2) is 42.7 Å². The lowest BCUT2D eigenvalue weighted by atomic mass is 9.89. The van der Waals surface area contributed by atoms with Gasteiger partial charge in [-0.25, -0.2) is 0 Å². The molecule has 114 valence electrons. The number of nitrogens with zero attached hydrogens (tertiary/aromatic N) is 1. The van der Waals surface area contributed by atoms with Gasteiger partial charge < -0.3 is 16.0 Å². The fraction of sp³-hybridized carbons (Fsp3) is 1.00. The molecule has 0 aromatic carbocycles. The van der Waals surface area contributed by atoms with E-state index in [0.717, 1.165) is 19.0 Å². The molecule has 0 aromatic rings. The van der Waals surface area contributed by atoms with Crippen LogP contribution >= 0.6 is 0 Å². The Morgan fingerprint density at radius 1 is 1.16 bits per heavy atom. The van der Waals surface area contributed by atoms with Crippen LogP contribution in [0.1, 0.15) is 59.8 Å². The van der Waals surface area contributed by atoms with Gasteiger partial charge >= 0.3 is 0 Å². The van der Waals surface area contributed by atoms with Crippen molar-refractivity contribution < 1.29 is 0 Å². The second kappa shape index (κ2) is 8.23. The van der Waals surface area contributed by atoms with Crippen LogP contribution in [0.15, 0.2) is 0 Å². The van der Waals surface area contributed by atoms with Crippen molar-refractivity contribution in [3.8, 4) is 0 Å². The Hall–Kier alpha value is -0.120. The Morgan fingerprint density at radius 3 is 2.37 bits per heavy atom. The van der Waals surface area contributed by atoms with Crippen LogP contribution in [0.5, 0.6) is 0 Å². The number of nitrogens with two attached hydrogens (primary N) is 1. The van der Waals surface area contributed by atoms with Crippen LogP contribution in [-0.2, 0) is 0 Å². The summed E-state index contributed by atoms with van der Waals surface area (Å²) < 4.78 is 0. The second-order valence-electron chi connectivity index (χ2n) is 6.53. The molecular formula is C16H35N3. The van der Waals surface area contributed by atoms with E-state index in [1.165, 1.54) is 45.2 Å². The Bertz CT molecular complexity index is 238. The molecule has 0 aliphatic carbocycles. The monoisotopic (exact) mass is 269 g/mol. The maximum atomic E-state index is 6.12. The normalized spacial score (nSPS) is 26.1. The van der Waals surface area contributed by atoms with Gasteiger partial charge in [-0.15, -0.1) is 0 Å². The summed E-state index contributed by atoms with van der Waals surface area (Å²) in [5, 5.41) is 3.83. The number of nitrogens with one attached hydrogen (secondary N) is 1. The van der Waals surface area contributed by atoms with Crippen LogP contribution in [0.3, 0.4) is 0 Å². The van der Waals surface area contributed by atoms with Crippen molar-refractivity contribution in [2.45, 2.75) is 71.4 Å². The zero-order chi connectivity index (χ0) is 14.3. The molecule has 1 aliphatic rings. The molecule has 19 heavy (non-hydrogen) atoms. The van der Waals surface area contributed by atoms with Gasteiger partial charge in [-0.1, -0.05) is 26.7 Å². The van der Waals surface area contributed by atoms with E-state index in [9.17, 15) is 0 Å². The minimum absolute atomic E-state index is 0.187. The van der Waals surface area contributed by atoms with Crippen molar-refractivity contribution in [2.24, 2.45) is 11.7 Å². The molecule has 1 aliphatic heterocycles. The average molecular weight is 269 g/mol. The van der Waals surface area contributed by atoms with Gasteiger partial charge in [-0.2, -0.15) is 0 Å². The van der Waals surface area contributed by atoms with Gasteiger partial charge in [0.2, 0.25) is 0 Å². The molecule has 1 fully saturated rings. The van der Waals surface area contributed by atoms with Crippen LogP contribution < -0.4 is 11.1 Å². The van der Waals surface area contributed by atoms with Gasteiger partial charge in [0.1, 0.15) is 0 Å². The van der Waals surface area contributed by atoms with Crippen molar-refractivity contribution in [1.29, 1.82) is 0 Å². The maximum Gasteiger partial charge on any atom is 0.0316 e. The summed E-state index contributed by atoms with van der Waals surface area (Å²) in [5.74, 6) is 0.799. The minimum Gasteiger partial charge on any atom is -0.329 e. The van der Waals surface area contributed by atoms with Crippen LogP contribution in [0.2, 0.25) is 0 Å². The predicted octanol–water partition coefficient (Wildman–Crippen LogP) is 2.60. The summed E-state index contributed by atoms with van der Waals surface area (Å²) >= 11 is 0. The van der Waals surface area contributed by atoms with Crippen molar-refractivity contribution in [1.82, 2.24) is 10.2 Å². The van der Waals surface area contributed by atoms with Crippen molar-refractivity contribution in [3.63, 3.8) is 0 Å². The second-order valence-corrected chi connectivity index (χ2v) is 6.53. The lowest BCUT2D eigenvalue weighted by molar-refractivity contribution is 0.215. The molecule has 0 spiro atoms. The molecule has 1 heterocycles. The maximum absolute atomic E-state index is 6.12. The van der Waals surface area contributed by atoms with Gasteiger partial charge in [-0.05, 0) is 52.1 Å². The topological polar surface area (TPSA) is 41.3 Å². The first-order valence-electron chi connectivity index (χ1n) is 8.26. The smallest absolute Gasteiger partial charge is 0.0316 e. The fourth-order valence-electron chi connectivity index (χ4n) is 3.12. The molecule has 1 rings (SSSR count). The van der Waals surface area contributed by atoms with Crippen molar-refractivity contribution >= 4 is 0 Å². The molecule has 3 nitrogen and oxygen atoms in total. The van der Waals surface area contributed by atoms with Gasteiger partial charge in [0.25, 0.3) is 0 Å². The number of likely N-dealkylation sites (tertiary alicyclic amines) is 1. The Morgan fingerprint density at radius 2 is 1.84 bits per heavy atom. The molecule has 1 unspecified atom stereocenters. The minimum atomic E-state index is 0.187. The lowest BCUT2D eigenvalue weighted by Gasteiger charge is -2.34. The average Bonchev–Trinajstić information content (AvgIpc) is 2.63. The third kappa shape index (κ3) is 5.05. The van der Waals surface area contributed by atoms with E-state index in [1.807, 2.05) is 0 Å². The van der Waals surface area contributed by atoms with E-state index in [2.05, 4.69) is 37.9 Å². The van der Waals surface area contributed by atoms with Crippen LogP contribution in [0.4, 0.5) is 0 Å². The first-order valence-corrected chi connectivity index (χ1v) is 8.26. The van der Waals surface area contributed by atoms with Crippen molar-refractivity contribution in [3.05, 3.63) is 0 Å². The highest BCUT2D eigenvalue weighted by Crippen LogP contribution is 2.23. The quantitative estimate of drug-likeness (QED) is 0.746. The summed E-state index contributed by atoms with van der Waals surface area (Å²) in [4.78, 5) is 2.59. The Labute approximate surface area is 120 Å². The molecule has 3 N–H and O–H groups in total. The molecular weight excluding hydrogens is 234 g/mol. The van der Waals surface area contributed by atoms with E-state index < -0.39 is 0 Å². The van der Waals surface area contributed by atoms with Gasteiger partial charge in [-0.3, -0.25) is 0 Å². The van der Waals surface area contributed by atoms with E-state index in [4.69, 9.17) is 5.73 Å². The molecule has 1 saturated heterocycles. The van der Waals surface area contributed by atoms with Crippen LogP contribution in [0.25, 0.3) is 0 Å². The van der Waals surface area contributed by atoms with E-state index >= 15 is 0 Å². The standard InChI is InChI=1S/C16H35N3/c1-5-15(6-2)12-18-16(13-17)8-7-10-19(11-9-16)14(3)4/h14-15,18H,5-13,17H2,1-4H3. The predicted molar refractivity (Wildman–Crippen MR) is 84.4 cm³/mol. The highest BCUT2D eigenvalue weighted by Gasteiger charge is 2.31. The third-order valence-corrected chi connectivity index (χ3v) is 5.02. The molecule has 1 atom stereocenters. The largest absolute Gasteiger partial charge is 0.329 e. The molecule has 0 amide bonds. The lowest BCUT2D eigenvalue weighted by Crippen LogP contribution is -2.53. The highest BCUT2D eigenvalue weighted by atomic mass is 15.2. The van der Waals surface area contributed by atoms with E-state index in [0.29, 0.717) is 6.04 Å². The van der Waals surface area contributed by atoms with Gasteiger partial charge in [0.15, 0.2) is 0 Å². The number of hydrogen-bond donors (Lipinski definition) is 2. The first kappa shape index (κ1) is 16.9. The van der Waals surface area contributed by atoms with Crippen molar-refractivity contribution in [2.75, 3.05) is 26.2 Å². The van der Waals surface area contributed by atoms with Crippen LogP contribution in [0, 0.1) is 5.92 Å². The molecule has 0 radical (unpaired) electrons. The molecule has 3 heteroatoms.